The van der Waals surface area contributed by atoms with Gasteiger partial charge in [-0.3, -0.25) is 23.6 Å². The Morgan fingerprint density at radius 2 is 1.07 bits per heavy atom. The van der Waals surface area contributed by atoms with Crippen molar-refractivity contribution in [3.05, 3.63) is 109 Å². The second-order valence-corrected chi connectivity index (χ2v) is 20.5. The van der Waals surface area contributed by atoms with E-state index in [2.05, 4.69) is 29.8 Å². The number of ketones is 3. The number of hydrogen-bond donors (Lipinski definition) is 4. The number of carbonyl (C=O) groups excluding carboxylic acids is 4. The molecule has 20 heteroatoms. The molecule has 3 aromatic rings. The summed E-state index contributed by atoms with van der Waals surface area (Å²) < 4.78 is 10.2. The number of hydrogen-bond acceptors (Lipinski definition) is 11. The quantitative estimate of drug-likeness (QED) is 0.174. The van der Waals surface area contributed by atoms with Crippen molar-refractivity contribution < 1.29 is 45.6 Å². The van der Waals surface area contributed by atoms with Crippen molar-refractivity contribution in [2.24, 2.45) is 56.7 Å². The van der Waals surface area contributed by atoms with E-state index in [1.165, 1.54) is 23.8 Å². The molecular formula is C52H67N11O9. The lowest BCUT2D eigenvalue weighted by molar-refractivity contribution is -0.129. The van der Waals surface area contributed by atoms with E-state index in [0.717, 1.165) is 53.8 Å². The zero-order valence-electron chi connectivity index (χ0n) is 44.4. The maximum absolute atomic E-state index is 12.5. The van der Waals surface area contributed by atoms with Crippen LogP contribution in [0.4, 0.5) is 0 Å². The first kappa shape index (κ1) is 54.3. The van der Waals surface area contributed by atoms with E-state index < -0.39 is 34.2 Å². The van der Waals surface area contributed by atoms with Gasteiger partial charge >= 0.3 is 11.9 Å². The van der Waals surface area contributed by atoms with Gasteiger partial charge in [0.15, 0.2) is 11.6 Å². The van der Waals surface area contributed by atoms with Crippen LogP contribution in [-0.2, 0) is 71.0 Å². The Bertz CT molecular complexity index is 2940. The molecule has 384 valence electrons. The summed E-state index contributed by atoms with van der Waals surface area (Å²) in [7, 11) is 11.2. The molecular weight excluding hydrogens is 923 g/mol. The van der Waals surface area contributed by atoms with E-state index in [1.54, 1.807) is 62.5 Å². The molecule has 0 bridgehead atoms. The first-order valence-electron chi connectivity index (χ1n) is 24.6. The average molecular weight is 992 g/mol. The van der Waals surface area contributed by atoms with Crippen LogP contribution in [0, 0.1) is 55.2 Å². The second-order valence-electron chi connectivity index (χ2n) is 20.5. The van der Waals surface area contributed by atoms with Crippen LogP contribution in [-0.4, -0.2) is 112 Å². The molecule has 72 heavy (non-hydrogen) atoms. The molecule has 1 unspecified atom stereocenters. The van der Waals surface area contributed by atoms with E-state index in [-0.39, 0.29) is 81.5 Å². The summed E-state index contributed by atoms with van der Waals surface area (Å²) in [6.07, 6.45) is 8.19. The van der Waals surface area contributed by atoms with Gasteiger partial charge in [0.1, 0.15) is 17.1 Å². The van der Waals surface area contributed by atoms with Crippen molar-refractivity contribution in [2.75, 3.05) is 21.1 Å². The van der Waals surface area contributed by atoms with Gasteiger partial charge in [0, 0.05) is 101 Å². The van der Waals surface area contributed by atoms with Gasteiger partial charge in [0.25, 0.3) is 11.9 Å². The number of fused-ring (bicyclic) bond motifs is 9. The fourth-order valence-electron chi connectivity index (χ4n) is 12.9. The van der Waals surface area contributed by atoms with E-state index in [0.29, 0.717) is 30.7 Å². The Labute approximate surface area is 421 Å². The molecule has 1 saturated carbocycles. The summed E-state index contributed by atoms with van der Waals surface area (Å²) in [6, 6.07) is -0.641. The van der Waals surface area contributed by atoms with Crippen LogP contribution in [0.5, 0.6) is 0 Å². The predicted octanol–water partition coefficient (Wildman–Crippen LogP) is 5.99. The topological polar surface area (TPSA) is 245 Å². The molecule has 9 rings (SSSR count). The largest absolute Gasteiger partial charge is 0.477 e. The van der Waals surface area contributed by atoms with E-state index in [1.807, 2.05) is 41.5 Å². The van der Waals surface area contributed by atoms with Crippen LogP contribution in [0.1, 0.15) is 141 Å². The van der Waals surface area contributed by atoms with Crippen molar-refractivity contribution in [1.82, 2.24) is 39.7 Å². The smallest absolute Gasteiger partial charge is 0.354 e. The fourth-order valence-corrected chi connectivity index (χ4v) is 12.9. The van der Waals surface area contributed by atoms with Crippen LogP contribution >= 0.6 is 0 Å². The molecule has 10 atom stereocenters. The van der Waals surface area contributed by atoms with Crippen LogP contribution in [0.3, 0.4) is 0 Å². The first-order chi connectivity index (χ1) is 34.2. The number of Topliss-reactive ketones (excluding diaryl/α,β-unsaturated/α-hetero) is 3. The number of nitrogens with one attached hydrogen (secondary N) is 1. The molecule has 0 aliphatic heterocycles. The Balaban J connectivity index is 0.000000194. The molecule has 1 amide bonds. The standard InChI is InChI=1S/C18H22N4O2.C16H19N3O3.C16H17N3O3.CH5NO.CH4/c1-10-12-8-7-11-14(17(24)21(4)5)22(6)20-16(11)18(12,2)9-13(19-3)15(10)23;2*1-8-10-6-5-9-12(15(21)22)19(4)18-14(9)16(10,2)7-11(17-3)13(8)20;1-2-3;/h9-10,12H,7-8H2,1-2,4-6H3;8,10-11H,5-7H2,1-2,4H3,(H,21,22);7-8,10H,5-6H2,1-2,4H3,(H,21,22);2-3H,1H3;1H4/t10-,12-,18-;8-,10-,11?,16-;8-,10-,16-;;/m000../s1/i;;;;1T. The average Bonchev–Trinajstić information content (AvgIpc) is 4.01. The second kappa shape index (κ2) is 20.6. The van der Waals surface area contributed by atoms with Crippen LogP contribution < -0.4 is 5.48 Å². The van der Waals surface area contributed by atoms with Gasteiger partial charge in [-0.15, -0.1) is 0 Å². The molecule has 3 heterocycles. The number of carbonyl (C=O) groups is 6. The predicted molar refractivity (Wildman–Crippen MR) is 264 cm³/mol. The SMILES string of the molecule is CNO.[3H]C.[C-]#[N+]C1=C[C@]2(C)c3nn(C)c(C(=O)N(C)C)c3CC[C@H]2[C@H](C)C1=O.[C-]#[N+]C1=C[C@]2(C)c3nn(C)c(C(=O)O)c3CC[C@H]2[C@H](C)C1=O.[C-]#[N+]C1C[C@]2(C)c3nn(C)c(C(=O)O)c3CC[C@H]2[C@H](C)C1=O. The summed E-state index contributed by atoms with van der Waals surface area (Å²) in [5.74, 6) is -2.54. The van der Waals surface area contributed by atoms with Crippen LogP contribution in [0.25, 0.3) is 14.5 Å². The van der Waals surface area contributed by atoms with Crippen molar-refractivity contribution in [3.63, 3.8) is 0 Å². The maximum atomic E-state index is 12.5. The highest BCUT2D eigenvalue weighted by molar-refractivity contribution is 6.01. The molecule has 0 aromatic carbocycles. The van der Waals surface area contributed by atoms with Gasteiger partial charge in [-0.2, -0.15) is 15.3 Å². The van der Waals surface area contributed by atoms with Gasteiger partial charge in [-0.25, -0.2) is 31.3 Å². The van der Waals surface area contributed by atoms with Gasteiger partial charge < -0.3 is 34.8 Å². The van der Waals surface area contributed by atoms with E-state index in [4.69, 9.17) is 26.3 Å². The molecule has 0 saturated heterocycles. The monoisotopic (exact) mass is 992 g/mol. The number of amides is 1. The third-order valence-corrected chi connectivity index (χ3v) is 16.3. The lowest BCUT2D eigenvalue weighted by Gasteiger charge is -2.46. The van der Waals surface area contributed by atoms with Crippen molar-refractivity contribution in [2.45, 2.75) is 116 Å². The molecule has 20 nitrogen and oxygen atoms in total. The number of nitrogens with zero attached hydrogens (tertiary/aromatic N) is 10. The number of aromatic nitrogens is 6. The Morgan fingerprint density at radius 3 is 1.44 bits per heavy atom. The van der Waals surface area contributed by atoms with Crippen LogP contribution in [0.2, 0.25) is 0 Å². The third kappa shape index (κ3) is 8.87. The number of rotatable bonds is 3. The number of carboxylic acids is 2. The van der Waals surface area contributed by atoms with Crippen molar-refractivity contribution >= 4 is 35.2 Å². The number of carboxylic acid groups (broad SMARTS) is 2. The Morgan fingerprint density at radius 1 is 0.708 bits per heavy atom. The molecule has 1 fully saturated rings. The number of hydroxylamine groups is 1. The molecule has 0 radical (unpaired) electrons. The lowest BCUT2D eigenvalue weighted by Crippen LogP contribution is -2.51. The Hall–Kier alpha value is -7.08. The number of aromatic carboxylic acids is 2. The zero-order chi connectivity index (χ0) is 55.0. The zero-order valence-corrected chi connectivity index (χ0v) is 43.4. The summed E-state index contributed by atoms with van der Waals surface area (Å²) in [5, 5.41) is 39.7. The molecule has 4 N–H and O–H groups in total. The summed E-state index contributed by atoms with van der Waals surface area (Å²) >= 11 is 0. The normalized spacial score (nSPS) is 29.3. The summed E-state index contributed by atoms with van der Waals surface area (Å²) in [5.41, 5.74) is 6.46. The van der Waals surface area contributed by atoms with Gasteiger partial charge in [-0.05, 0) is 56.3 Å². The van der Waals surface area contributed by atoms with Gasteiger partial charge in [0.2, 0.25) is 17.2 Å². The third-order valence-electron chi connectivity index (χ3n) is 16.3. The van der Waals surface area contributed by atoms with Crippen LogP contribution in [0.15, 0.2) is 23.5 Å². The summed E-state index contributed by atoms with van der Waals surface area (Å²) in [4.78, 5) is 84.3. The number of allylic oxidation sites excluding steroid dienone is 4. The lowest BCUT2D eigenvalue weighted by atomic mass is 9.55. The van der Waals surface area contributed by atoms with E-state index in [9.17, 15) is 39.0 Å². The minimum atomic E-state index is -0.993. The molecule has 3 aromatic heterocycles. The highest BCUT2D eigenvalue weighted by Crippen LogP contribution is 2.53. The number of aryl methyl sites for hydroxylation is 3. The first-order valence-corrected chi connectivity index (χ1v) is 23.6. The fraction of sp³-hybridized carbons (Fsp3) is 0.577. The highest BCUT2D eigenvalue weighted by atomic mass is 16.5. The van der Waals surface area contributed by atoms with Gasteiger partial charge in [-0.1, -0.05) is 61.1 Å². The van der Waals surface area contributed by atoms with Crippen molar-refractivity contribution in [1.29, 1.82) is 0 Å². The minimum Gasteiger partial charge on any atom is -0.477 e. The summed E-state index contributed by atoms with van der Waals surface area (Å²) in [6.45, 7) is 33.5. The van der Waals surface area contributed by atoms with Gasteiger partial charge in [0.05, 0.1) is 30.2 Å². The Kier molecular flexibility index (Phi) is 15.5. The minimum absolute atomic E-state index is 0.0234. The molecule has 6 aliphatic carbocycles. The maximum Gasteiger partial charge on any atom is 0.354 e. The molecule has 6 aliphatic rings. The van der Waals surface area contributed by atoms with E-state index >= 15 is 0 Å². The molecule has 0 spiro atoms. The highest BCUT2D eigenvalue weighted by Gasteiger charge is 2.57. The van der Waals surface area contributed by atoms with Crippen molar-refractivity contribution in [3.8, 4) is 0 Å².